The number of nitrogens with one attached hydrogen (secondary N) is 1. The van der Waals surface area contributed by atoms with E-state index in [0.717, 1.165) is 11.0 Å². The van der Waals surface area contributed by atoms with Crippen LogP contribution in [0, 0.1) is 0 Å². The van der Waals surface area contributed by atoms with Gasteiger partial charge in [-0.3, -0.25) is 0 Å². The van der Waals surface area contributed by atoms with E-state index in [1.54, 1.807) is 12.1 Å². The van der Waals surface area contributed by atoms with Crippen LogP contribution in [0.3, 0.4) is 0 Å². The fourth-order valence-electron chi connectivity index (χ4n) is 2.69. The molecule has 1 aliphatic heterocycles. The molecule has 0 aliphatic carbocycles. The Morgan fingerprint density at radius 2 is 1.54 bits per heavy atom. The van der Waals surface area contributed by atoms with E-state index in [0.29, 0.717) is 12.3 Å². The maximum Gasteiger partial charge on any atom is 0.495 e. The predicted molar refractivity (Wildman–Crippen MR) is 101 cm³/mol. The molecule has 6 heteroatoms. The number of carbonyl (C=O) groups excluding carboxylic acids is 1. The largest absolute Gasteiger partial charge is 0.495 e. The van der Waals surface area contributed by atoms with Gasteiger partial charge < -0.3 is 19.4 Å². The lowest BCUT2D eigenvalue weighted by atomic mass is 9.76. The van der Waals surface area contributed by atoms with Gasteiger partial charge in [0.05, 0.1) is 11.2 Å². The van der Waals surface area contributed by atoms with Gasteiger partial charge >= 0.3 is 13.2 Å². The van der Waals surface area contributed by atoms with Crippen molar-refractivity contribution in [1.82, 2.24) is 5.32 Å². The number of amides is 1. The summed E-state index contributed by atoms with van der Waals surface area (Å²) in [7, 11) is -0.469. The Morgan fingerprint density at radius 1 is 0.962 bits per heavy atom. The first-order chi connectivity index (χ1) is 12.3. The van der Waals surface area contributed by atoms with Crippen LogP contribution in [0.25, 0.3) is 0 Å². The molecule has 1 aliphatic rings. The molecular weight excluding hydrogens is 329 g/mol. The van der Waals surface area contributed by atoms with Crippen molar-refractivity contribution < 1.29 is 18.8 Å². The van der Waals surface area contributed by atoms with Gasteiger partial charge in [-0.2, -0.15) is 0 Å². The first-order valence-electron chi connectivity index (χ1n) is 8.73. The smallest absolute Gasteiger partial charge is 0.410 e. The van der Waals surface area contributed by atoms with Gasteiger partial charge in [-0.1, -0.05) is 42.5 Å². The fraction of sp³-hybridized carbons (Fsp3) is 0.350. The monoisotopic (exact) mass is 353 g/mol. The van der Waals surface area contributed by atoms with E-state index in [9.17, 15) is 4.79 Å². The van der Waals surface area contributed by atoms with Gasteiger partial charge in [0.25, 0.3) is 0 Å². The molecule has 0 atom stereocenters. The molecule has 2 aromatic rings. The molecule has 26 heavy (non-hydrogen) atoms. The SMILES string of the molecule is CC1(C)OB(c2ccccc2CNC(=O)Oc2ccccc2)OC1(C)C. The Labute approximate surface area is 154 Å². The summed E-state index contributed by atoms with van der Waals surface area (Å²) in [5.74, 6) is 0.504. The third-order valence-electron chi connectivity index (χ3n) is 4.94. The van der Waals surface area contributed by atoms with E-state index in [-0.39, 0.29) is 0 Å². The van der Waals surface area contributed by atoms with Crippen molar-refractivity contribution >= 4 is 18.7 Å². The van der Waals surface area contributed by atoms with Crippen LogP contribution in [-0.4, -0.2) is 24.4 Å². The van der Waals surface area contributed by atoms with Crippen molar-refractivity contribution in [3.8, 4) is 5.75 Å². The van der Waals surface area contributed by atoms with Crippen molar-refractivity contribution in [1.29, 1.82) is 0 Å². The fourth-order valence-corrected chi connectivity index (χ4v) is 2.69. The second kappa shape index (κ2) is 7.13. The highest BCUT2D eigenvalue weighted by atomic mass is 16.7. The lowest BCUT2D eigenvalue weighted by Crippen LogP contribution is -2.41. The minimum absolute atomic E-state index is 0.325. The first kappa shape index (κ1) is 18.5. The molecule has 1 heterocycles. The number of para-hydroxylation sites is 1. The lowest BCUT2D eigenvalue weighted by Gasteiger charge is -2.32. The van der Waals surface area contributed by atoms with Gasteiger partial charge in [0.1, 0.15) is 5.75 Å². The molecule has 0 aromatic heterocycles. The third-order valence-corrected chi connectivity index (χ3v) is 4.94. The molecule has 5 nitrogen and oxygen atoms in total. The second-order valence-corrected chi connectivity index (χ2v) is 7.34. The minimum Gasteiger partial charge on any atom is -0.410 e. The Hall–Kier alpha value is -2.31. The van der Waals surface area contributed by atoms with Crippen LogP contribution < -0.4 is 15.5 Å². The summed E-state index contributed by atoms with van der Waals surface area (Å²) in [6, 6.07) is 16.7. The van der Waals surface area contributed by atoms with Crippen molar-refractivity contribution in [2.24, 2.45) is 0 Å². The highest BCUT2D eigenvalue weighted by Gasteiger charge is 2.52. The zero-order chi connectivity index (χ0) is 18.8. The quantitative estimate of drug-likeness (QED) is 0.858. The third kappa shape index (κ3) is 3.92. The first-order valence-corrected chi connectivity index (χ1v) is 8.73. The lowest BCUT2D eigenvalue weighted by molar-refractivity contribution is 0.00578. The number of benzene rings is 2. The Balaban J connectivity index is 1.68. The number of hydrogen-bond donors (Lipinski definition) is 1. The Kier molecular flexibility index (Phi) is 5.07. The summed E-state index contributed by atoms with van der Waals surface area (Å²) < 4.78 is 17.5. The van der Waals surface area contributed by atoms with Gasteiger partial charge in [-0.15, -0.1) is 0 Å². The van der Waals surface area contributed by atoms with Crippen LogP contribution in [0.15, 0.2) is 54.6 Å². The van der Waals surface area contributed by atoms with Crippen LogP contribution in [-0.2, 0) is 15.9 Å². The van der Waals surface area contributed by atoms with E-state index in [4.69, 9.17) is 14.0 Å². The number of carbonyl (C=O) groups is 1. The molecule has 0 bridgehead atoms. The van der Waals surface area contributed by atoms with Crippen LogP contribution >= 0.6 is 0 Å². The summed E-state index contributed by atoms with van der Waals surface area (Å²) in [6.45, 7) is 8.40. The molecule has 2 aromatic carbocycles. The average molecular weight is 353 g/mol. The summed E-state index contributed by atoms with van der Waals surface area (Å²) in [4.78, 5) is 12.0. The van der Waals surface area contributed by atoms with E-state index in [1.165, 1.54) is 0 Å². The average Bonchev–Trinajstić information content (AvgIpc) is 2.82. The number of rotatable bonds is 4. The molecule has 1 N–H and O–H groups in total. The van der Waals surface area contributed by atoms with Crippen molar-refractivity contribution in [2.75, 3.05) is 0 Å². The zero-order valence-corrected chi connectivity index (χ0v) is 15.6. The van der Waals surface area contributed by atoms with Crippen LogP contribution in [0.1, 0.15) is 33.3 Å². The van der Waals surface area contributed by atoms with Crippen LogP contribution in [0.2, 0.25) is 0 Å². The maximum absolute atomic E-state index is 12.0. The Morgan fingerprint density at radius 3 is 2.19 bits per heavy atom. The minimum atomic E-state index is -0.500. The normalized spacial score (nSPS) is 17.8. The van der Waals surface area contributed by atoms with Crippen molar-refractivity contribution in [2.45, 2.75) is 45.4 Å². The maximum atomic E-state index is 12.0. The highest BCUT2D eigenvalue weighted by molar-refractivity contribution is 6.62. The molecule has 1 saturated heterocycles. The number of hydrogen-bond acceptors (Lipinski definition) is 4. The number of ether oxygens (including phenoxy) is 1. The van der Waals surface area contributed by atoms with Gasteiger partial charge in [0, 0.05) is 6.54 Å². The molecule has 0 saturated carbocycles. The summed E-state index contributed by atoms with van der Waals surface area (Å²) in [5, 5.41) is 2.78. The van der Waals surface area contributed by atoms with Gasteiger partial charge in [0.15, 0.2) is 0 Å². The van der Waals surface area contributed by atoms with Crippen molar-refractivity contribution in [3.63, 3.8) is 0 Å². The van der Waals surface area contributed by atoms with Crippen molar-refractivity contribution in [3.05, 3.63) is 60.2 Å². The Bertz CT molecular complexity index is 760. The van der Waals surface area contributed by atoms with E-state index < -0.39 is 24.4 Å². The summed E-state index contributed by atoms with van der Waals surface area (Å²) in [6.07, 6.45) is -0.500. The van der Waals surface area contributed by atoms with Crippen LogP contribution in [0.4, 0.5) is 4.79 Å². The molecule has 1 fully saturated rings. The van der Waals surface area contributed by atoms with Gasteiger partial charge in [-0.05, 0) is 50.9 Å². The van der Waals surface area contributed by atoms with Gasteiger partial charge in [-0.25, -0.2) is 4.79 Å². The topological polar surface area (TPSA) is 56.8 Å². The van der Waals surface area contributed by atoms with E-state index >= 15 is 0 Å². The molecule has 3 rings (SSSR count). The standard InChI is InChI=1S/C20H24BNO4/c1-19(2)20(3,4)26-21(25-19)17-13-9-8-10-15(17)14-22-18(23)24-16-11-6-5-7-12-16/h5-13H,14H2,1-4H3,(H,22,23). The van der Waals surface area contributed by atoms with E-state index in [2.05, 4.69) is 5.32 Å². The molecule has 136 valence electrons. The predicted octanol–water partition coefficient (Wildman–Crippen LogP) is 3.27. The molecule has 1 amide bonds. The summed E-state index contributed by atoms with van der Waals surface area (Å²) in [5.41, 5.74) is 1.01. The molecule has 0 unspecified atom stereocenters. The second-order valence-electron chi connectivity index (χ2n) is 7.34. The zero-order valence-electron chi connectivity index (χ0n) is 15.6. The van der Waals surface area contributed by atoms with Crippen LogP contribution in [0.5, 0.6) is 5.75 Å². The highest BCUT2D eigenvalue weighted by Crippen LogP contribution is 2.36. The molecule has 0 spiro atoms. The molecular formula is C20H24BNO4. The van der Waals surface area contributed by atoms with E-state index in [1.807, 2.05) is 70.2 Å². The summed E-state index contributed by atoms with van der Waals surface area (Å²) >= 11 is 0. The van der Waals surface area contributed by atoms with Gasteiger partial charge in [0.2, 0.25) is 0 Å². The molecule has 0 radical (unpaired) electrons.